The van der Waals surface area contributed by atoms with Crippen LogP contribution in [-0.2, 0) is 18.4 Å². The summed E-state index contributed by atoms with van der Waals surface area (Å²) in [6.07, 6.45) is -12.0. The summed E-state index contributed by atoms with van der Waals surface area (Å²) in [4.78, 5) is 0. The zero-order valence-electron chi connectivity index (χ0n) is 14.5. The Morgan fingerprint density at radius 3 is 1.88 bits per heavy atom. The molecule has 0 aliphatic heterocycles. The molecule has 4 nitrogen and oxygen atoms in total. The van der Waals surface area contributed by atoms with Gasteiger partial charge in [-0.15, -0.1) is 0 Å². The largest absolute Gasteiger partial charge is 0.408 e. The summed E-state index contributed by atoms with van der Waals surface area (Å²) in [6.45, 7) is 3.68. The highest BCUT2D eigenvalue weighted by atomic mass is 19.4. The molecule has 1 heterocycles. The Kier molecular flexibility index (Phi) is 6.02. The van der Waals surface area contributed by atoms with Gasteiger partial charge in [0.25, 0.3) is 0 Å². The Morgan fingerprint density at radius 2 is 1.50 bits per heavy atom. The van der Waals surface area contributed by atoms with E-state index in [0.29, 0.717) is 4.68 Å². The third kappa shape index (κ3) is 6.25. The molecule has 10 heteroatoms. The van der Waals surface area contributed by atoms with Gasteiger partial charge in [0.1, 0.15) is 12.0 Å². The van der Waals surface area contributed by atoms with Crippen LogP contribution in [0.25, 0.3) is 0 Å². The van der Waals surface area contributed by atoms with Gasteiger partial charge in [0, 0.05) is 24.0 Å². The molecule has 0 aliphatic rings. The summed E-state index contributed by atoms with van der Waals surface area (Å²) in [5, 5.41) is 22.4. The van der Waals surface area contributed by atoms with E-state index in [-0.39, 0.29) is 11.4 Å². The molecular weight excluding hydrogens is 362 g/mol. The van der Waals surface area contributed by atoms with E-state index in [0.717, 1.165) is 0 Å². The van der Waals surface area contributed by atoms with Gasteiger partial charge in [0.2, 0.25) is 0 Å². The first-order valence-corrected chi connectivity index (χ1v) is 7.64. The predicted octanol–water partition coefficient (Wildman–Crippen LogP) is 4.66. The van der Waals surface area contributed by atoms with Crippen LogP contribution in [0.2, 0.25) is 0 Å². The van der Waals surface area contributed by atoms with Crippen LogP contribution >= 0.6 is 0 Å². The summed E-state index contributed by atoms with van der Waals surface area (Å²) >= 11 is 0. The number of hydrogen-bond acceptors (Lipinski definition) is 3. The van der Waals surface area contributed by atoms with E-state index in [1.807, 2.05) is 0 Å². The lowest BCUT2D eigenvalue weighted by molar-refractivity contribution is -0.143. The summed E-state index contributed by atoms with van der Waals surface area (Å²) in [5.41, 5.74) is -2.51. The maximum atomic E-state index is 12.8. The zero-order chi connectivity index (χ0) is 20.4. The van der Waals surface area contributed by atoms with Crippen molar-refractivity contribution in [1.29, 1.82) is 10.5 Å². The maximum Gasteiger partial charge on any atom is 0.408 e. The number of nitriles is 2. The first-order valence-electron chi connectivity index (χ1n) is 7.64. The highest BCUT2D eigenvalue weighted by molar-refractivity contribution is 5.24. The van der Waals surface area contributed by atoms with Crippen LogP contribution in [0.5, 0.6) is 0 Å². The Labute approximate surface area is 147 Å². The molecule has 0 radical (unpaired) electrons. The number of alkyl halides is 6. The number of halogens is 6. The van der Waals surface area contributed by atoms with Crippen molar-refractivity contribution in [3.05, 3.63) is 17.5 Å². The molecular formula is C16H18F6N4. The van der Waals surface area contributed by atoms with Gasteiger partial charge >= 0.3 is 12.4 Å². The molecule has 1 aromatic heterocycles. The fraction of sp³-hybridized carbons (Fsp3) is 0.688. The van der Waals surface area contributed by atoms with Crippen molar-refractivity contribution in [3.8, 4) is 12.1 Å². The van der Waals surface area contributed by atoms with Gasteiger partial charge in [0.05, 0.1) is 17.8 Å². The molecule has 0 fully saturated rings. The highest BCUT2D eigenvalue weighted by Crippen LogP contribution is 2.34. The molecule has 26 heavy (non-hydrogen) atoms. The van der Waals surface area contributed by atoms with Crippen molar-refractivity contribution in [3.63, 3.8) is 0 Å². The van der Waals surface area contributed by atoms with Gasteiger partial charge in [-0.25, -0.2) is 0 Å². The maximum absolute atomic E-state index is 12.8. The number of nitrogens with zero attached hydrogens (tertiary/aromatic N) is 4. The van der Waals surface area contributed by atoms with Crippen LogP contribution in [0.1, 0.15) is 45.0 Å². The van der Waals surface area contributed by atoms with E-state index in [2.05, 4.69) is 5.10 Å². The number of aromatic nitrogens is 2. The minimum absolute atomic E-state index is 0.0995. The average Bonchev–Trinajstić information content (AvgIpc) is 2.83. The molecule has 1 rings (SSSR count). The van der Waals surface area contributed by atoms with Gasteiger partial charge in [-0.1, -0.05) is 20.8 Å². The van der Waals surface area contributed by atoms with Gasteiger partial charge < -0.3 is 0 Å². The normalized spacial score (nSPS) is 13.3. The number of hydrogen-bond donors (Lipinski definition) is 0. The highest BCUT2D eigenvalue weighted by Gasteiger charge is 2.39. The summed E-state index contributed by atoms with van der Waals surface area (Å²) in [5.74, 6) is 0. The second-order valence-corrected chi connectivity index (χ2v) is 7.14. The topological polar surface area (TPSA) is 65.4 Å². The quantitative estimate of drug-likeness (QED) is 0.698. The molecule has 1 aromatic rings. The van der Waals surface area contributed by atoms with Crippen molar-refractivity contribution in [2.45, 2.75) is 64.3 Å². The monoisotopic (exact) mass is 380 g/mol. The van der Waals surface area contributed by atoms with Crippen LogP contribution in [0.4, 0.5) is 26.3 Å². The summed E-state index contributed by atoms with van der Waals surface area (Å²) in [7, 11) is 0. The van der Waals surface area contributed by atoms with Crippen LogP contribution in [-0.4, -0.2) is 22.1 Å². The van der Waals surface area contributed by atoms with Gasteiger partial charge in [-0.2, -0.15) is 42.0 Å². The predicted molar refractivity (Wildman–Crippen MR) is 79.6 cm³/mol. The van der Waals surface area contributed by atoms with E-state index in [1.165, 1.54) is 6.07 Å². The van der Waals surface area contributed by atoms with Crippen LogP contribution < -0.4 is 0 Å². The first kappa shape index (κ1) is 21.8. The Balaban J connectivity index is 3.28. The van der Waals surface area contributed by atoms with E-state index < -0.39 is 49.0 Å². The Morgan fingerprint density at radius 1 is 0.962 bits per heavy atom. The van der Waals surface area contributed by atoms with Crippen molar-refractivity contribution in [2.75, 3.05) is 0 Å². The standard InChI is InChI=1S/C16H18F6N4/c1-13(2,3)12-6-11(26(25-12)10-16(20,21)22)7-14(8-23,9-24)4-5-15(17,18)19/h6H,4-5,7,10H2,1-3H3. The third-order valence-electron chi connectivity index (χ3n) is 3.71. The molecule has 0 bridgehead atoms. The van der Waals surface area contributed by atoms with Crippen molar-refractivity contribution in [1.82, 2.24) is 9.78 Å². The molecule has 0 unspecified atom stereocenters. The molecule has 0 saturated carbocycles. The Bertz CT molecular complexity index is 696. The summed E-state index contributed by atoms with van der Waals surface area (Å²) in [6, 6.07) is 4.39. The minimum atomic E-state index is -4.61. The lowest BCUT2D eigenvalue weighted by Crippen LogP contribution is -2.26. The van der Waals surface area contributed by atoms with Crippen molar-refractivity contribution in [2.24, 2.45) is 5.41 Å². The van der Waals surface area contributed by atoms with E-state index in [4.69, 9.17) is 0 Å². The second-order valence-electron chi connectivity index (χ2n) is 7.14. The SMILES string of the molecule is CC(C)(C)c1cc(CC(C#N)(C#N)CCC(F)(F)F)n(CC(F)(F)F)n1. The fourth-order valence-electron chi connectivity index (χ4n) is 2.24. The Hall–Kier alpha value is -2.23. The van der Waals surface area contributed by atoms with E-state index in [1.54, 1.807) is 32.9 Å². The minimum Gasteiger partial charge on any atom is -0.260 e. The lowest BCUT2D eigenvalue weighted by Gasteiger charge is -2.20. The fourth-order valence-corrected chi connectivity index (χ4v) is 2.24. The molecule has 0 N–H and O–H groups in total. The van der Waals surface area contributed by atoms with Crippen molar-refractivity contribution >= 4 is 0 Å². The molecule has 144 valence electrons. The molecule has 0 aromatic carbocycles. The van der Waals surface area contributed by atoms with E-state index >= 15 is 0 Å². The average molecular weight is 380 g/mol. The molecule has 0 amide bonds. The van der Waals surface area contributed by atoms with Gasteiger partial charge in [-0.05, 0) is 12.5 Å². The van der Waals surface area contributed by atoms with Crippen LogP contribution in [0.15, 0.2) is 6.07 Å². The molecule has 0 atom stereocenters. The second kappa shape index (κ2) is 7.18. The molecule has 0 aliphatic carbocycles. The van der Waals surface area contributed by atoms with Crippen LogP contribution in [0, 0.1) is 28.1 Å². The smallest absolute Gasteiger partial charge is 0.260 e. The molecule has 0 saturated heterocycles. The van der Waals surface area contributed by atoms with E-state index in [9.17, 15) is 36.9 Å². The zero-order valence-corrected chi connectivity index (χ0v) is 14.5. The van der Waals surface area contributed by atoms with Crippen LogP contribution in [0.3, 0.4) is 0 Å². The summed E-state index contributed by atoms with van der Waals surface area (Å²) < 4.78 is 76.4. The first-order chi connectivity index (χ1) is 11.6. The van der Waals surface area contributed by atoms with Gasteiger partial charge in [-0.3, -0.25) is 4.68 Å². The molecule has 0 spiro atoms. The third-order valence-corrected chi connectivity index (χ3v) is 3.71. The van der Waals surface area contributed by atoms with Gasteiger partial charge in [0.15, 0.2) is 0 Å². The lowest BCUT2D eigenvalue weighted by atomic mass is 9.81. The van der Waals surface area contributed by atoms with Crippen molar-refractivity contribution < 1.29 is 26.3 Å². The number of rotatable bonds is 5.